The molecule has 0 saturated heterocycles. The molecule has 0 atom stereocenters. The van der Waals surface area contributed by atoms with Gasteiger partial charge in [0.15, 0.2) is 0 Å². The summed E-state index contributed by atoms with van der Waals surface area (Å²) in [5.41, 5.74) is 0.755. The Labute approximate surface area is 120 Å². The van der Waals surface area contributed by atoms with Gasteiger partial charge in [0, 0.05) is 30.9 Å². The Morgan fingerprint density at radius 1 is 1.35 bits per heavy atom. The first-order valence-electron chi connectivity index (χ1n) is 6.76. The molecule has 1 amide bonds. The Morgan fingerprint density at radius 3 is 2.35 bits per heavy atom. The van der Waals surface area contributed by atoms with E-state index in [0.29, 0.717) is 11.5 Å². The molecule has 0 bridgehead atoms. The molecule has 0 fully saturated rings. The van der Waals surface area contributed by atoms with Crippen LogP contribution in [0, 0.1) is 5.41 Å². The molecule has 0 saturated carbocycles. The molecule has 0 radical (unpaired) electrons. The summed E-state index contributed by atoms with van der Waals surface area (Å²) in [7, 11) is 1.66. The molecule has 1 aromatic rings. The monoisotopic (exact) mass is 280 g/mol. The maximum Gasteiger partial charge on any atom is 0.255 e. The lowest BCUT2D eigenvalue weighted by molar-refractivity contribution is 0.0366. The van der Waals surface area contributed by atoms with Crippen LogP contribution in [0.2, 0.25) is 0 Å². The fourth-order valence-corrected chi connectivity index (χ4v) is 1.89. The molecule has 1 heterocycles. The first kappa shape index (κ1) is 16.6. The van der Waals surface area contributed by atoms with Crippen LogP contribution in [-0.4, -0.2) is 52.8 Å². The van der Waals surface area contributed by atoms with E-state index in [-0.39, 0.29) is 25.7 Å². The van der Waals surface area contributed by atoms with Crippen molar-refractivity contribution >= 4 is 5.91 Å². The second-order valence-electron chi connectivity index (χ2n) is 5.91. The smallest absolute Gasteiger partial charge is 0.255 e. The molecular formula is C15H24N2O3. The number of aromatic nitrogens is 1. The van der Waals surface area contributed by atoms with E-state index < -0.39 is 5.41 Å². The summed E-state index contributed by atoms with van der Waals surface area (Å²) in [6.45, 7) is 5.76. The summed E-state index contributed by atoms with van der Waals surface area (Å²) in [4.78, 5) is 18.0. The molecule has 112 valence electrons. The summed E-state index contributed by atoms with van der Waals surface area (Å²) in [5, 5.41) is 18.5. The maximum absolute atomic E-state index is 12.3. The summed E-state index contributed by atoms with van der Waals surface area (Å²) >= 11 is 0. The van der Waals surface area contributed by atoms with Gasteiger partial charge in [0.1, 0.15) is 0 Å². The van der Waals surface area contributed by atoms with Crippen molar-refractivity contribution in [2.75, 3.05) is 26.8 Å². The lowest BCUT2D eigenvalue weighted by Crippen LogP contribution is -2.41. The van der Waals surface area contributed by atoms with Crippen molar-refractivity contribution in [2.45, 2.75) is 26.7 Å². The summed E-state index contributed by atoms with van der Waals surface area (Å²) < 4.78 is 0. The predicted molar refractivity (Wildman–Crippen MR) is 77.6 cm³/mol. The molecule has 0 aliphatic rings. The van der Waals surface area contributed by atoms with Crippen LogP contribution < -0.4 is 0 Å². The molecule has 2 N–H and O–H groups in total. The van der Waals surface area contributed by atoms with Crippen LogP contribution in [0.4, 0.5) is 0 Å². The van der Waals surface area contributed by atoms with Gasteiger partial charge in [-0.3, -0.25) is 9.78 Å². The molecule has 1 rings (SSSR count). The third-order valence-electron chi connectivity index (χ3n) is 3.35. The van der Waals surface area contributed by atoms with Gasteiger partial charge in [0.2, 0.25) is 0 Å². The molecule has 0 aliphatic carbocycles. The van der Waals surface area contributed by atoms with Gasteiger partial charge in [-0.15, -0.1) is 0 Å². The van der Waals surface area contributed by atoms with E-state index in [1.54, 1.807) is 26.2 Å². The molecule has 0 aromatic carbocycles. The summed E-state index contributed by atoms with van der Waals surface area (Å²) in [5.74, 6) is 0.157. The van der Waals surface area contributed by atoms with E-state index in [9.17, 15) is 15.0 Å². The highest BCUT2D eigenvalue weighted by molar-refractivity contribution is 5.93. The topological polar surface area (TPSA) is 73.7 Å². The third-order valence-corrected chi connectivity index (χ3v) is 3.35. The Hall–Kier alpha value is -1.46. The van der Waals surface area contributed by atoms with Gasteiger partial charge in [-0.2, -0.15) is 0 Å². The third kappa shape index (κ3) is 4.02. The zero-order chi connectivity index (χ0) is 15.3. The molecule has 1 aromatic heterocycles. The van der Waals surface area contributed by atoms with Crippen molar-refractivity contribution in [1.82, 2.24) is 9.88 Å². The van der Waals surface area contributed by atoms with Crippen molar-refractivity contribution in [3.05, 3.63) is 29.6 Å². The number of amides is 1. The SMILES string of the molecule is CC(C)c1ccc(C(=O)N(C)CC(C)(CO)CO)cn1. The minimum Gasteiger partial charge on any atom is -0.396 e. The number of aliphatic hydroxyl groups is 2. The van der Waals surface area contributed by atoms with E-state index in [1.165, 1.54) is 4.90 Å². The highest BCUT2D eigenvalue weighted by atomic mass is 16.3. The van der Waals surface area contributed by atoms with Crippen LogP contribution in [0.3, 0.4) is 0 Å². The van der Waals surface area contributed by atoms with Crippen LogP contribution in [0.5, 0.6) is 0 Å². The number of hydrogen-bond donors (Lipinski definition) is 2. The number of hydrogen-bond acceptors (Lipinski definition) is 4. The zero-order valence-electron chi connectivity index (χ0n) is 12.6. The normalized spacial score (nSPS) is 11.8. The number of rotatable bonds is 6. The van der Waals surface area contributed by atoms with E-state index in [0.717, 1.165) is 5.69 Å². The molecule has 0 unspecified atom stereocenters. The number of aliphatic hydroxyl groups excluding tert-OH is 2. The van der Waals surface area contributed by atoms with E-state index in [4.69, 9.17) is 0 Å². The fourth-order valence-electron chi connectivity index (χ4n) is 1.89. The highest BCUT2D eigenvalue weighted by Gasteiger charge is 2.27. The second kappa shape index (κ2) is 6.81. The molecule has 5 heteroatoms. The first-order chi connectivity index (χ1) is 9.33. The Bertz CT molecular complexity index is 439. The van der Waals surface area contributed by atoms with Gasteiger partial charge in [0.05, 0.1) is 18.8 Å². The Morgan fingerprint density at radius 2 is 1.95 bits per heavy atom. The Balaban J connectivity index is 2.79. The average Bonchev–Trinajstić information content (AvgIpc) is 2.46. The van der Waals surface area contributed by atoms with Crippen LogP contribution in [-0.2, 0) is 0 Å². The van der Waals surface area contributed by atoms with Gasteiger partial charge in [-0.1, -0.05) is 20.8 Å². The van der Waals surface area contributed by atoms with Crippen LogP contribution in [0.25, 0.3) is 0 Å². The molecular weight excluding hydrogens is 256 g/mol. The number of nitrogens with zero attached hydrogens (tertiary/aromatic N) is 2. The first-order valence-corrected chi connectivity index (χ1v) is 6.76. The van der Waals surface area contributed by atoms with Gasteiger partial charge in [-0.05, 0) is 18.1 Å². The van der Waals surface area contributed by atoms with Crippen molar-refractivity contribution in [2.24, 2.45) is 5.41 Å². The number of pyridine rings is 1. The van der Waals surface area contributed by atoms with Crippen LogP contribution in [0.15, 0.2) is 18.3 Å². The number of carbonyl (C=O) groups is 1. The van der Waals surface area contributed by atoms with Crippen molar-refractivity contribution in [1.29, 1.82) is 0 Å². The maximum atomic E-state index is 12.3. The fraction of sp³-hybridized carbons (Fsp3) is 0.600. The van der Waals surface area contributed by atoms with E-state index in [1.807, 2.05) is 19.9 Å². The van der Waals surface area contributed by atoms with Gasteiger partial charge in [-0.25, -0.2) is 0 Å². The van der Waals surface area contributed by atoms with E-state index >= 15 is 0 Å². The molecule has 20 heavy (non-hydrogen) atoms. The molecule has 0 spiro atoms. The summed E-state index contributed by atoms with van der Waals surface area (Å²) in [6.07, 6.45) is 1.57. The standard InChI is InChI=1S/C15H24N2O3/c1-11(2)13-6-5-12(7-16-13)14(20)17(4)8-15(3,9-18)10-19/h5-7,11,18-19H,8-10H2,1-4H3. The Kier molecular flexibility index (Phi) is 5.65. The zero-order valence-corrected chi connectivity index (χ0v) is 12.6. The molecule has 0 aliphatic heterocycles. The minimum atomic E-state index is -0.699. The average molecular weight is 280 g/mol. The van der Waals surface area contributed by atoms with Crippen molar-refractivity contribution < 1.29 is 15.0 Å². The second-order valence-corrected chi connectivity index (χ2v) is 5.91. The van der Waals surface area contributed by atoms with Crippen molar-refractivity contribution in [3.8, 4) is 0 Å². The minimum absolute atomic E-state index is 0.166. The molecule has 5 nitrogen and oxygen atoms in total. The van der Waals surface area contributed by atoms with Crippen LogP contribution >= 0.6 is 0 Å². The lowest BCUT2D eigenvalue weighted by Gasteiger charge is -2.30. The summed E-state index contributed by atoms with van der Waals surface area (Å²) in [6, 6.07) is 3.61. The van der Waals surface area contributed by atoms with Gasteiger partial charge in [0.25, 0.3) is 5.91 Å². The van der Waals surface area contributed by atoms with Gasteiger partial charge >= 0.3 is 0 Å². The predicted octanol–water partition coefficient (Wildman–Crippen LogP) is 1.27. The van der Waals surface area contributed by atoms with Gasteiger partial charge < -0.3 is 15.1 Å². The quantitative estimate of drug-likeness (QED) is 0.823. The van der Waals surface area contributed by atoms with E-state index in [2.05, 4.69) is 4.98 Å². The highest BCUT2D eigenvalue weighted by Crippen LogP contribution is 2.17. The van der Waals surface area contributed by atoms with Crippen molar-refractivity contribution in [3.63, 3.8) is 0 Å². The number of carbonyl (C=O) groups excluding carboxylic acids is 1. The lowest BCUT2D eigenvalue weighted by atomic mass is 9.92. The van der Waals surface area contributed by atoms with Crippen LogP contribution in [0.1, 0.15) is 42.7 Å². The largest absolute Gasteiger partial charge is 0.396 e.